The van der Waals surface area contributed by atoms with E-state index >= 15 is 0 Å². The van der Waals surface area contributed by atoms with Crippen LogP contribution in [0.2, 0.25) is 0 Å². The topological polar surface area (TPSA) is 29.9 Å². The molecule has 1 fully saturated rings. The van der Waals surface area contributed by atoms with Crippen molar-refractivity contribution < 1.29 is 0 Å². The first kappa shape index (κ1) is 10.5. The number of anilines is 1. The summed E-state index contributed by atoms with van der Waals surface area (Å²) in [6.45, 7) is 5.56. The zero-order valence-electron chi connectivity index (χ0n) is 9.74. The molecule has 3 heteroatoms. The van der Waals surface area contributed by atoms with Gasteiger partial charge in [0.05, 0.1) is 0 Å². The van der Waals surface area contributed by atoms with E-state index in [-0.39, 0.29) is 0 Å². The minimum Gasteiger partial charge on any atom is -0.356 e. The monoisotopic (exact) mass is 207 g/mol. The zero-order valence-corrected chi connectivity index (χ0v) is 9.74. The average Bonchev–Trinajstić information content (AvgIpc) is 2.61. The molecule has 84 valence electrons. The van der Waals surface area contributed by atoms with E-state index < -0.39 is 0 Å². The maximum Gasteiger partial charge on any atom is 0.203 e. The van der Waals surface area contributed by atoms with Crippen molar-refractivity contribution in [2.75, 3.05) is 11.9 Å². The van der Waals surface area contributed by atoms with Crippen LogP contribution in [0.25, 0.3) is 0 Å². The van der Waals surface area contributed by atoms with Gasteiger partial charge in [0, 0.05) is 25.0 Å². The van der Waals surface area contributed by atoms with E-state index in [2.05, 4.69) is 34.9 Å². The lowest BCUT2D eigenvalue weighted by Crippen LogP contribution is -2.25. The van der Waals surface area contributed by atoms with Crippen molar-refractivity contribution >= 4 is 5.95 Å². The van der Waals surface area contributed by atoms with Crippen LogP contribution in [-0.2, 0) is 0 Å². The summed E-state index contributed by atoms with van der Waals surface area (Å²) in [5, 5.41) is 3.41. The molecular formula is C12H21N3. The predicted octanol–water partition coefficient (Wildman–Crippen LogP) is 3.07. The Morgan fingerprint density at radius 1 is 1.53 bits per heavy atom. The summed E-state index contributed by atoms with van der Waals surface area (Å²) in [6.07, 6.45) is 9.06. The Labute approximate surface area is 91.9 Å². The number of hydrogen-bond acceptors (Lipinski definition) is 2. The number of aromatic nitrogens is 2. The molecule has 1 aliphatic carbocycles. The van der Waals surface area contributed by atoms with Crippen LogP contribution in [0, 0.1) is 5.92 Å². The van der Waals surface area contributed by atoms with Crippen LogP contribution >= 0.6 is 0 Å². The fourth-order valence-corrected chi connectivity index (χ4v) is 2.21. The van der Waals surface area contributed by atoms with Gasteiger partial charge < -0.3 is 9.88 Å². The van der Waals surface area contributed by atoms with Gasteiger partial charge in [0.25, 0.3) is 0 Å². The lowest BCUT2D eigenvalue weighted by atomic mass is 9.82. The van der Waals surface area contributed by atoms with Crippen molar-refractivity contribution in [3.63, 3.8) is 0 Å². The number of unbranched alkanes of at least 4 members (excludes halogenated alkanes) is 1. The van der Waals surface area contributed by atoms with Crippen LogP contribution in [0.15, 0.2) is 12.4 Å². The third-order valence-corrected chi connectivity index (χ3v) is 3.22. The molecule has 2 rings (SSSR count). The van der Waals surface area contributed by atoms with Crippen LogP contribution in [0.3, 0.4) is 0 Å². The highest BCUT2D eigenvalue weighted by Crippen LogP contribution is 2.38. The molecule has 0 atom stereocenters. The van der Waals surface area contributed by atoms with Gasteiger partial charge >= 0.3 is 0 Å². The summed E-state index contributed by atoms with van der Waals surface area (Å²) in [6, 6.07) is 0.687. The number of nitrogens with zero attached hydrogens (tertiary/aromatic N) is 2. The van der Waals surface area contributed by atoms with Gasteiger partial charge in [-0.1, -0.05) is 20.3 Å². The molecule has 1 N–H and O–H groups in total. The van der Waals surface area contributed by atoms with E-state index in [0.29, 0.717) is 6.04 Å². The summed E-state index contributed by atoms with van der Waals surface area (Å²) >= 11 is 0. The normalized spacial score (nSPS) is 24.9. The van der Waals surface area contributed by atoms with E-state index in [0.717, 1.165) is 18.4 Å². The molecule has 0 saturated heterocycles. The van der Waals surface area contributed by atoms with Crippen LogP contribution < -0.4 is 5.32 Å². The van der Waals surface area contributed by atoms with Crippen molar-refractivity contribution in [2.45, 2.75) is 45.6 Å². The first-order valence-corrected chi connectivity index (χ1v) is 6.08. The number of nitrogens with one attached hydrogen (secondary N) is 1. The maximum absolute atomic E-state index is 4.37. The Hall–Kier alpha value is -0.990. The Bertz CT molecular complexity index is 300. The predicted molar refractivity (Wildman–Crippen MR) is 63.1 cm³/mol. The van der Waals surface area contributed by atoms with Crippen LogP contribution in [0.1, 0.15) is 45.6 Å². The summed E-state index contributed by atoms with van der Waals surface area (Å²) in [5.41, 5.74) is 0. The number of hydrogen-bond donors (Lipinski definition) is 1. The molecule has 0 amide bonds. The van der Waals surface area contributed by atoms with Crippen molar-refractivity contribution in [1.29, 1.82) is 0 Å². The van der Waals surface area contributed by atoms with E-state index in [1.807, 2.05) is 6.20 Å². The van der Waals surface area contributed by atoms with Gasteiger partial charge in [-0.2, -0.15) is 0 Å². The highest BCUT2D eigenvalue weighted by molar-refractivity contribution is 5.27. The van der Waals surface area contributed by atoms with Gasteiger partial charge in [-0.15, -0.1) is 0 Å². The molecule has 1 aromatic rings. The van der Waals surface area contributed by atoms with Crippen molar-refractivity contribution in [3.05, 3.63) is 12.4 Å². The number of imidazole rings is 1. The van der Waals surface area contributed by atoms with Crippen molar-refractivity contribution in [3.8, 4) is 0 Å². The van der Waals surface area contributed by atoms with E-state index in [9.17, 15) is 0 Å². The Morgan fingerprint density at radius 2 is 2.33 bits per heavy atom. The molecule has 0 unspecified atom stereocenters. The second-order valence-electron chi connectivity index (χ2n) is 4.67. The molecular weight excluding hydrogens is 186 g/mol. The fraction of sp³-hybridized carbons (Fsp3) is 0.750. The quantitative estimate of drug-likeness (QED) is 0.752. The van der Waals surface area contributed by atoms with Gasteiger partial charge in [0.15, 0.2) is 0 Å². The largest absolute Gasteiger partial charge is 0.356 e. The fourth-order valence-electron chi connectivity index (χ4n) is 2.21. The Morgan fingerprint density at radius 3 is 3.00 bits per heavy atom. The van der Waals surface area contributed by atoms with Gasteiger partial charge in [-0.3, -0.25) is 0 Å². The van der Waals surface area contributed by atoms with Gasteiger partial charge in [-0.25, -0.2) is 4.98 Å². The summed E-state index contributed by atoms with van der Waals surface area (Å²) in [4.78, 5) is 4.37. The van der Waals surface area contributed by atoms with Crippen LogP contribution in [0.4, 0.5) is 5.95 Å². The SMILES string of the molecule is CCCCNc1nccn1C1CC(C)C1. The summed E-state index contributed by atoms with van der Waals surface area (Å²) in [5.74, 6) is 1.95. The summed E-state index contributed by atoms with van der Waals surface area (Å²) < 4.78 is 2.30. The molecule has 0 bridgehead atoms. The second-order valence-corrected chi connectivity index (χ2v) is 4.67. The highest BCUT2D eigenvalue weighted by Gasteiger charge is 2.27. The molecule has 15 heavy (non-hydrogen) atoms. The van der Waals surface area contributed by atoms with Gasteiger partial charge in [-0.05, 0) is 25.2 Å². The number of rotatable bonds is 5. The van der Waals surface area contributed by atoms with E-state index in [4.69, 9.17) is 0 Å². The third kappa shape index (κ3) is 2.33. The third-order valence-electron chi connectivity index (χ3n) is 3.22. The highest BCUT2D eigenvalue weighted by atomic mass is 15.2. The Balaban J connectivity index is 1.90. The minimum atomic E-state index is 0.687. The standard InChI is InChI=1S/C12H21N3/c1-3-4-5-13-12-14-6-7-15(12)11-8-10(2)9-11/h6-7,10-11H,3-5,8-9H2,1-2H3,(H,13,14). The van der Waals surface area contributed by atoms with Gasteiger partial charge in [0.1, 0.15) is 0 Å². The lowest BCUT2D eigenvalue weighted by Gasteiger charge is -2.34. The maximum atomic E-state index is 4.37. The molecule has 0 radical (unpaired) electrons. The van der Waals surface area contributed by atoms with Crippen molar-refractivity contribution in [1.82, 2.24) is 9.55 Å². The average molecular weight is 207 g/mol. The second kappa shape index (κ2) is 4.69. The Kier molecular flexibility index (Phi) is 3.29. The molecule has 1 saturated carbocycles. The van der Waals surface area contributed by atoms with Crippen LogP contribution in [-0.4, -0.2) is 16.1 Å². The molecule has 1 aromatic heterocycles. The first-order valence-electron chi connectivity index (χ1n) is 6.08. The molecule has 0 spiro atoms. The van der Waals surface area contributed by atoms with E-state index in [1.54, 1.807) is 0 Å². The molecule has 1 aliphatic rings. The van der Waals surface area contributed by atoms with Gasteiger partial charge in [0.2, 0.25) is 5.95 Å². The lowest BCUT2D eigenvalue weighted by molar-refractivity contribution is 0.218. The zero-order chi connectivity index (χ0) is 10.7. The molecule has 1 heterocycles. The van der Waals surface area contributed by atoms with E-state index in [1.165, 1.54) is 25.7 Å². The smallest absolute Gasteiger partial charge is 0.203 e. The van der Waals surface area contributed by atoms with Crippen LogP contribution in [0.5, 0.6) is 0 Å². The first-order chi connectivity index (χ1) is 7.31. The minimum absolute atomic E-state index is 0.687. The molecule has 0 aromatic carbocycles. The van der Waals surface area contributed by atoms with Crippen molar-refractivity contribution in [2.24, 2.45) is 5.92 Å². The molecule has 3 nitrogen and oxygen atoms in total. The summed E-state index contributed by atoms with van der Waals surface area (Å²) in [7, 11) is 0. The molecule has 0 aliphatic heterocycles.